The Morgan fingerprint density at radius 3 is 2.47 bits per heavy atom. The molecule has 1 N–H and O–H groups in total. The van der Waals surface area contributed by atoms with E-state index < -0.39 is 0 Å². The van der Waals surface area contributed by atoms with E-state index in [0.717, 1.165) is 34.2 Å². The number of rotatable bonds is 6. The van der Waals surface area contributed by atoms with Gasteiger partial charge in [-0.2, -0.15) is 0 Å². The van der Waals surface area contributed by atoms with Crippen molar-refractivity contribution in [1.29, 1.82) is 0 Å². The molecule has 5 rings (SSSR count). The third-order valence-corrected chi connectivity index (χ3v) is 5.82. The molecular formula is C26H23N3O2S. The van der Waals surface area contributed by atoms with Crippen molar-refractivity contribution < 1.29 is 9.15 Å². The maximum Gasteiger partial charge on any atom is 0.174 e. The van der Waals surface area contributed by atoms with Crippen molar-refractivity contribution in [3.05, 3.63) is 103 Å². The van der Waals surface area contributed by atoms with Gasteiger partial charge in [-0.25, -0.2) is 0 Å². The maximum atomic E-state index is 6.37. The quantitative estimate of drug-likeness (QED) is 0.375. The second kappa shape index (κ2) is 8.85. The van der Waals surface area contributed by atoms with Crippen LogP contribution in [0, 0.1) is 0 Å². The lowest BCUT2D eigenvalue weighted by molar-refractivity contribution is 0.340. The van der Waals surface area contributed by atoms with Crippen LogP contribution in [0.25, 0.3) is 11.3 Å². The van der Waals surface area contributed by atoms with Gasteiger partial charge in [0.15, 0.2) is 5.11 Å². The highest BCUT2D eigenvalue weighted by Crippen LogP contribution is 2.43. The molecule has 1 aliphatic heterocycles. The molecule has 0 amide bonds. The van der Waals surface area contributed by atoms with Crippen LogP contribution in [0.15, 0.2) is 95.5 Å². The minimum atomic E-state index is -0.187. The van der Waals surface area contributed by atoms with Crippen LogP contribution in [0.5, 0.6) is 5.75 Å². The molecule has 0 bridgehead atoms. The highest BCUT2D eigenvalue weighted by atomic mass is 32.1. The third-order valence-electron chi connectivity index (χ3n) is 5.50. The first-order valence-electron chi connectivity index (χ1n) is 10.6. The zero-order chi connectivity index (χ0) is 21.9. The van der Waals surface area contributed by atoms with Gasteiger partial charge < -0.3 is 19.4 Å². The number of benzene rings is 2. The summed E-state index contributed by atoms with van der Waals surface area (Å²) < 4.78 is 12.0. The Labute approximate surface area is 192 Å². The smallest absolute Gasteiger partial charge is 0.174 e. The van der Waals surface area contributed by atoms with E-state index in [1.807, 2.05) is 91.9 Å². The highest BCUT2D eigenvalue weighted by Gasteiger charge is 2.42. The van der Waals surface area contributed by atoms with Crippen LogP contribution in [0.4, 0.5) is 5.69 Å². The molecule has 0 unspecified atom stereocenters. The molecular weight excluding hydrogens is 418 g/mol. The van der Waals surface area contributed by atoms with Gasteiger partial charge >= 0.3 is 0 Å². The molecule has 1 aliphatic rings. The van der Waals surface area contributed by atoms with Crippen LogP contribution in [-0.4, -0.2) is 16.7 Å². The standard InChI is InChI=1S/C26H23N3O2S/c1-2-30-20-13-11-19(12-14-20)29-25(24(28-26(29)32)21-10-6-7-17-27-21)23-16-15-22(31-23)18-8-4-3-5-9-18/h3-17,24-25H,2H2,1H3,(H,28,32)/t24-,25-/m1/s1. The fraction of sp³-hybridized carbons (Fsp3) is 0.154. The van der Waals surface area contributed by atoms with E-state index in [9.17, 15) is 0 Å². The van der Waals surface area contributed by atoms with Crippen molar-refractivity contribution in [2.45, 2.75) is 19.0 Å². The van der Waals surface area contributed by atoms with Gasteiger partial charge in [-0.1, -0.05) is 36.4 Å². The molecule has 0 saturated carbocycles. The summed E-state index contributed by atoms with van der Waals surface area (Å²) >= 11 is 5.78. The van der Waals surface area contributed by atoms with Crippen molar-refractivity contribution in [3.8, 4) is 17.1 Å². The van der Waals surface area contributed by atoms with E-state index >= 15 is 0 Å². The fourth-order valence-electron chi connectivity index (χ4n) is 4.06. The molecule has 32 heavy (non-hydrogen) atoms. The van der Waals surface area contributed by atoms with E-state index in [-0.39, 0.29) is 12.1 Å². The Hall–Kier alpha value is -3.64. The summed E-state index contributed by atoms with van der Waals surface area (Å²) in [6.45, 7) is 2.60. The molecule has 4 aromatic rings. The number of hydrogen-bond acceptors (Lipinski definition) is 4. The van der Waals surface area contributed by atoms with Crippen molar-refractivity contribution >= 4 is 23.0 Å². The fourth-order valence-corrected chi connectivity index (χ4v) is 4.41. The number of nitrogens with zero attached hydrogens (tertiary/aromatic N) is 2. The summed E-state index contributed by atoms with van der Waals surface area (Å²) in [4.78, 5) is 6.69. The van der Waals surface area contributed by atoms with Crippen molar-refractivity contribution in [2.75, 3.05) is 11.5 Å². The lowest BCUT2D eigenvalue weighted by Crippen LogP contribution is -2.29. The number of nitrogens with one attached hydrogen (secondary N) is 1. The van der Waals surface area contributed by atoms with Gasteiger partial charge in [0.25, 0.3) is 0 Å². The van der Waals surface area contributed by atoms with Crippen LogP contribution in [0.2, 0.25) is 0 Å². The minimum absolute atomic E-state index is 0.148. The van der Waals surface area contributed by atoms with Crippen LogP contribution in [-0.2, 0) is 0 Å². The number of hydrogen-bond donors (Lipinski definition) is 1. The normalized spacial score (nSPS) is 17.9. The van der Waals surface area contributed by atoms with Gasteiger partial charge in [-0.3, -0.25) is 4.98 Å². The third kappa shape index (κ3) is 3.85. The molecule has 1 fully saturated rings. The number of ether oxygens (including phenoxy) is 1. The molecule has 3 heterocycles. The first-order chi connectivity index (χ1) is 15.7. The topological polar surface area (TPSA) is 50.5 Å². The Kier molecular flexibility index (Phi) is 5.60. The first kappa shape index (κ1) is 20.3. The van der Waals surface area contributed by atoms with Crippen LogP contribution < -0.4 is 15.0 Å². The molecule has 6 heteroatoms. The SMILES string of the molecule is CCOc1ccc(N2C(=S)N[C@H](c3ccccn3)[C@H]2c2ccc(-c3ccccc3)o2)cc1. The molecule has 2 atom stereocenters. The molecule has 0 aliphatic carbocycles. The van der Waals surface area contributed by atoms with Crippen molar-refractivity contribution in [1.82, 2.24) is 10.3 Å². The van der Waals surface area contributed by atoms with Crippen LogP contribution in [0.3, 0.4) is 0 Å². The summed E-state index contributed by atoms with van der Waals surface area (Å²) in [6.07, 6.45) is 1.80. The Morgan fingerprint density at radius 1 is 0.969 bits per heavy atom. The molecule has 2 aromatic carbocycles. The molecule has 0 radical (unpaired) electrons. The van der Waals surface area contributed by atoms with E-state index in [4.69, 9.17) is 21.4 Å². The van der Waals surface area contributed by atoms with Gasteiger partial charge in [0, 0.05) is 17.4 Å². The van der Waals surface area contributed by atoms with Gasteiger partial charge in [0.1, 0.15) is 23.3 Å². The lowest BCUT2D eigenvalue weighted by atomic mass is 10.0. The minimum Gasteiger partial charge on any atom is -0.494 e. The predicted octanol–water partition coefficient (Wildman–Crippen LogP) is 5.92. The summed E-state index contributed by atoms with van der Waals surface area (Å²) in [7, 11) is 0. The lowest BCUT2D eigenvalue weighted by Gasteiger charge is -2.26. The van der Waals surface area contributed by atoms with E-state index in [1.54, 1.807) is 6.20 Å². The van der Waals surface area contributed by atoms with Gasteiger partial charge in [-0.15, -0.1) is 0 Å². The predicted molar refractivity (Wildman–Crippen MR) is 130 cm³/mol. The van der Waals surface area contributed by atoms with Gasteiger partial charge in [0.05, 0.1) is 18.3 Å². The molecule has 0 spiro atoms. The zero-order valence-corrected chi connectivity index (χ0v) is 18.5. The maximum absolute atomic E-state index is 6.37. The Balaban J connectivity index is 1.56. The van der Waals surface area contributed by atoms with Crippen molar-refractivity contribution in [2.24, 2.45) is 0 Å². The zero-order valence-electron chi connectivity index (χ0n) is 17.6. The molecule has 2 aromatic heterocycles. The number of aromatic nitrogens is 1. The average molecular weight is 442 g/mol. The van der Waals surface area contributed by atoms with Crippen LogP contribution >= 0.6 is 12.2 Å². The first-order valence-corrected chi connectivity index (χ1v) is 11.0. The number of thiocarbonyl (C=S) groups is 1. The van der Waals surface area contributed by atoms with E-state index in [2.05, 4.69) is 15.2 Å². The van der Waals surface area contributed by atoms with Gasteiger partial charge in [-0.05, 0) is 67.7 Å². The van der Waals surface area contributed by atoms with E-state index in [0.29, 0.717) is 11.7 Å². The summed E-state index contributed by atoms with van der Waals surface area (Å²) in [5.41, 5.74) is 2.91. The van der Waals surface area contributed by atoms with Crippen LogP contribution in [0.1, 0.15) is 30.5 Å². The summed E-state index contributed by atoms with van der Waals surface area (Å²) in [6, 6.07) is 27.7. The number of anilines is 1. The number of furan rings is 1. The summed E-state index contributed by atoms with van der Waals surface area (Å²) in [5, 5.41) is 4.09. The molecule has 5 nitrogen and oxygen atoms in total. The second-order valence-corrected chi connectivity index (χ2v) is 7.88. The summed E-state index contributed by atoms with van der Waals surface area (Å²) in [5.74, 6) is 2.47. The highest BCUT2D eigenvalue weighted by molar-refractivity contribution is 7.80. The van der Waals surface area contributed by atoms with Crippen molar-refractivity contribution in [3.63, 3.8) is 0 Å². The number of pyridine rings is 1. The Bertz CT molecular complexity index is 1190. The average Bonchev–Trinajstić information content (AvgIpc) is 3.46. The Morgan fingerprint density at radius 2 is 1.75 bits per heavy atom. The second-order valence-electron chi connectivity index (χ2n) is 7.49. The van der Waals surface area contributed by atoms with Gasteiger partial charge in [0.2, 0.25) is 0 Å². The largest absolute Gasteiger partial charge is 0.494 e. The molecule has 1 saturated heterocycles. The monoisotopic (exact) mass is 441 g/mol. The van der Waals surface area contributed by atoms with E-state index in [1.165, 1.54) is 0 Å². The molecule has 160 valence electrons.